The van der Waals surface area contributed by atoms with Crippen LogP contribution in [-0.4, -0.2) is 36.4 Å². The molecule has 1 heterocycles. The molecule has 0 spiro atoms. The largest absolute Gasteiger partial charge is 0.483 e. The van der Waals surface area contributed by atoms with Gasteiger partial charge in [0.1, 0.15) is 5.75 Å². The first kappa shape index (κ1) is 16.3. The minimum Gasteiger partial charge on any atom is -0.483 e. The summed E-state index contributed by atoms with van der Waals surface area (Å²) in [5, 5.41) is 0. The number of primary amides is 1. The predicted molar refractivity (Wildman–Crippen MR) is 84.7 cm³/mol. The predicted octanol–water partition coefficient (Wildman–Crippen LogP) is 2.20. The van der Waals surface area contributed by atoms with Crippen molar-refractivity contribution in [1.29, 1.82) is 0 Å². The third-order valence-corrected chi connectivity index (χ3v) is 4.11. The van der Waals surface area contributed by atoms with E-state index in [1.165, 1.54) is 0 Å². The molecule has 1 aliphatic rings. The van der Waals surface area contributed by atoms with Gasteiger partial charge in [-0.2, -0.15) is 0 Å². The van der Waals surface area contributed by atoms with Crippen LogP contribution in [0.25, 0.3) is 0 Å². The number of rotatable bonds is 4. The van der Waals surface area contributed by atoms with Crippen LogP contribution in [0.5, 0.6) is 5.75 Å². The number of ether oxygens (including phenoxy) is 1. The zero-order valence-corrected chi connectivity index (χ0v) is 13.3. The number of amides is 2. The number of likely N-dealkylation sites (tertiary alicyclic amines) is 1. The molecule has 2 N–H and O–H groups in total. The first-order chi connectivity index (χ1) is 10.4. The molecular weight excluding hydrogens is 280 g/mol. The summed E-state index contributed by atoms with van der Waals surface area (Å²) in [4.78, 5) is 25.5. The van der Waals surface area contributed by atoms with E-state index >= 15 is 0 Å². The standard InChI is InChI=1S/C17H24N2O3/c1-17(2)8-5-10-19(11-9-17)16(21)13-6-3-4-7-14(13)22-12-15(18)20/h3-4,6-7H,5,8-12H2,1-2H3,(H2,18,20). The highest BCUT2D eigenvalue weighted by atomic mass is 16.5. The van der Waals surface area contributed by atoms with E-state index in [0.717, 1.165) is 32.4 Å². The number of carbonyl (C=O) groups is 2. The van der Waals surface area contributed by atoms with Crippen molar-refractivity contribution >= 4 is 11.8 Å². The molecule has 0 aliphatic carbocycles. The van der Waals surface area contributed by atoms with Crippen LogP contribution in [0.2, 0.25) is 0 Å². The Kier molecular flexibility index (Phi) is 5.06. The Morgan fingerprint density at radius 3 is 2.68 bits per heavy atom. The number of hydrogen-bond acceptors (Lipinski definition) is 3. The van der Waals surface area contributed by atoms with Crippen LogP contribution in [-0.2, 0) is 4.79 Å². The number of nitrogens with two attached hydrogens (primary N) is 1. The van der Waals surface area contributed by atoms with Gasteiger partial charge in [0.15, 0.2) is 6.61 Å². The smallest absolute Gasteiger partial charge is 0.257 e. The van der Waals surface area contributed by atoms with Crippen molar-refractivity contribution in [3.05, 3.63) is 29.8 Å². The van der Waals surface area contributed by atoms with Gasteiger partial charge in [-0.1, -0.05) is 26.0 Å². The highest BCUT2D eigenvalue weighted by Gasteiger charge is 2.27. The number of carbonyl (C=O) groups excluding carboxylic acids is 2. The fourth-order valence-electron chi connectivity index (χ4n) is 2.71. The summed E-state index contributed by atoms with van der Waals surface area (Å²) < 4.78 is 5.36. The second kappa shape index (κ2) is 6.81. The van der Waals surface area contributed by atoms with E-state index < -0.39 is 5.91 Å². The first-order valence-corrected chi connectivity index (χ1v) is 7.68. The molecule has 2 amide bonds. The van der Waals surface area contributed by atoms with Crippen molar-refractivity contribution in [3.8, 4) is 5.75 Å². The minimum absolute atomic E-state index is 0.0437. The summed E-state index contributed by atoms with van der Waals surface area (Å²) in [7, 11) is 0. The van der Waals surface area contributed by atoms with Gasteiger partial charge in [0, 0.05) is 13.1 Å². The third kappa shape index (κ3) is 4.23. The van der Waals surface area contributed by atoms with Crippen molar-refractivity contribution in [1.82, 2.24) is 4.90 Å². The zero-order chi connectivity index (χ0) is 16.2. The molecule has 5 heteroatoms. The summed E-state index contributed by atoms with van der Waals surface area (Å²) in [6.45, 7) is 5.76. The SMILES string of the molecule is CC1(C)CCCN(C(=O)c2ccccc2OCC(N)=O)CC1. The van der Waals surface area contributed by atoms with Crippen molar-refractivity contribution in [2.24, 2.45) is 11.1 Å². The van der Waals surface area contributed by atoms with E-state index in [9.17, 15) is 9.59 Å². The Hall–Kier alpha value is -2.04. The lowest BCUT2D eigenvalue weighted by Crippen LogP contribution is -2.33. The van der Waals surface area contributed by atoms with Crippen LogP contribution in [0.15, 0.2) is 24.3 Å². The summed E-state index contributed by atoms with van der Waals surface area (Å²) >= 11 is 0. The Morgan fingerprint density at radius 1 is 1.23 bits per heavy atom. The maximum atomic E-state index is 12.8. The molecule has 5 nitrogen and oxygen atoms in total. The van der Waals surface area contributed by atoms with Gasteiger partial charge in [-0.05, 0) is 36.8 Å². The Bertz CT molecular complexity index is 555. The van der Waals surface area contributed by atoms with Gasteiger partial charge >= 0.3 is 0 Å². The van der Waals surface area contributed by atoms with E-state index in [2.05, 4.69) is 13.8 Å². The van der Waals surface area contributed by atoms with Crippen LogP contribution in [0.3, 0.4) is 0 Å². The molecule has 1 fully saturated rings. The molecular formula is C17H24N2O3. The summed E-state index contributed by atoms with van der Waals surface area (Å²) in [6, 6.07) is 7.00. The normalized spacial score (nSPS) is 17.6. The first-order valence-electron chi connectivity index (χ1n) is 7.68. The van der Waals surface area contributed by atoms with Crippen molar-refractivity contribution in [2.75, 3.05) is 19.7 Å². The third-order valence-electron chi connectivity index (χ3n) is 4.11. The van der Waals surface area contributed by atoms with Crippen LogP contribution < -0.4 is 10.5 Å². The molecule has 1 saturated heterocycles. The Balaban J connectivity index is 2.13. The molecule has 22 heavy (non-hydrogen) atoms. The average Bonchev–Trinajstić information content (AvgIpc) is 2.65. The van der Waals surface area contributed by atoms with E-state index in [-0.39, 0.29) is 17.9 Å². The highest BCUT2D eigenvalue weighted by Crippen LogP contribution is 2.31. The highest BCUT2D eigenvalue weighted by molar-refractivity contribution is 5.97. The lowest BCUT2D eigenvalue weighted by atomic mass is 9.85. The van der Waals surface area contributed by atoms with Gasteiger partial charge in [0.2, 0.25) is 0 Å². The minimum atomic E-state index is -0.557. The molecule has 0 unspecified atom stereocenters. The molecule has 0 saturated carbocycles. The van der Waals surface area contributed by atoms with E-state index in [4.69, 9.17) is 10.5 Å². The van der Waals surface area contributed by atoms with Gasteiger partial charge in [-0.3, -0.25) is 9.59 Å². The summed E-state index contributed by atoms with van der Waals surface area (Å²) in [6.07, 6.45) is 3.11. The molecule has 1 aromatic carbocycles. The monoisotopic (exact) mass is 304 g/mol. The Labute approximate surface area is 131 Å². The van der Waals surface area contributed by atoms with Crippen molar-refractivity contribution in [3.63, 3.8) is 0 Å². The molecule has 0 aromatic heterocycles. The number of hydrogen-bond donors (Lipinski definition) is 1. The number of para-hydroxylation sites is 1. The second-order valence-corrected chi connectivity index (χ2v) is 6.56. The topological polar surface area (TPSA) is 72.6 Å². The fraction of sp³-hybridized carbons (Fsp3) is 0.529. The van der Waals surface area contributed by atoms with E-state index in [0.29, 0.717) is 11.3 Å². The lowest BCUT2D eigenvalue weighted by Gasteiger charge is -2.24. The lowest BCUT2D eigenvalue weighted by molar-refractivity contribution is -0.119. The fourth-order valence-corrected chi connectivity index (χ4v) is 2.71. The molecule has 2 rings (SSSR count). The molecule has 0 radical (unpaired) electrons. The molecule has 120 valence electrons. The molecule has 1 aliphatic heterocycles. The van der Waals surface area contributed by atoms with Gasteiger partial charge in [0.05, 0.1) is 5.56 Å². The quantitative estimate of drug-likeness (QED) is 0.927. The average molecular weight is 304 g/mol. The van der Waals surface area contributed by atoms with Gasteiger partial charge in [0.25, 0.3) is 11.8 Å². The second-order valence-electron chi connectivity index (χ2n) is 6.56. The van der Waals surface area contributed by atoms with Gasteiger partial charge in [-0.15, -0.1) is 0 Å². The maximum absolute atomic E-state index is 12.8. The van der Waals surface area contributed by atoms with Crippen LogP contribution >= 0.6 is 0 Å². The molecule has 0 bridgehead atoms. The van der Waals surface area contributed by atoms with Crippen molar-refractivity contribution in [2.45, 2.75) is 33.1 Å². The van der Waals surface area contributed by atoms with E-state index in [1.54, 1.807) is 24.3 Å². The van der Waals surface area contributed by atoms with Gasteiger partial charge < -0.3 is 15.4 Å². The molecule has 1 aromatic rings. The number of benzene rings is 1. The van der Waals surface area contributed by atoms with Crippen LogP contribution in [0, 0.1) is 5.41 Å². The van der Waals surface area contributed by atoms with Crippen LogP contribution in [0.4, 0.5) is 0 Å². The summed E-state index contributed by atoms with van der Waals surface area (Å²) in [5.74, 6) is -0.189. The molecule has 0 atom stereocenters. The van der Waals surface area contributed by atoms with Crippen LogP contribution in [0.1, 0.15) is 43.5 Å². The summed E-state index contributed by atoms with van der Waals surface area (Å²) in [5.41, 5.74) is 5.86. The van der Waals surface area contributed by atoms with E-state index in [1.807, 2.05) is 4.90 Å². The zero-order valence-electron chi connectivity index (χ0n) is 13.3. The number of nitrogens with zero attached hydrogens (tertiary/aromatic N) is 1. The maximum Gasteiger partial charge on any atom is 0.257 e. The Morgan fingerprint density at radius 2 is 1.95 bits per heavy atom. The van der Waals surface area contributed by atoms with Crippen molar-refractivity contribution < 1.29 is 14.3 Å². The van der Waals surface area contributed by atoms with Gasteiger partial charge in [-0.25, -0.2) is 0 Å².